The van der Waals surface area contributed by atoms with E-state index >= 15 is 0 Å². The summed E-state index contributed by atoms with van der Waals surface area (Å²) in [6.45, 7) is 0. The number of pyridine rings is 1. The summed E-state index contributed by atoms with van der Waals surface area (Å²) in [4.78, 5) is 15.3. The summed E-state index contributed by atoms with van der Waals surface area (Å²) in [5, 5.41) is 18.5. The molecular formula is C9H9N3O3. The molecule has 2 aromatic heterocycles. The van der Waals surface area contributed by atoms with E-state index in [0.717, 1.165) is 0 Å². The van der Waals surface area contributed by atoms with Gasteiger partial charge in [0.25, 0.3) is 0 Å². The SMILES string of the molecule is O=[N+]([O-])c1[nH]ccc1O.c1ccncc1. The molecule has 0 unspecified atom stereocenters. The third-order valence-electron chi connectivity index (χ3n) is 1.45. The number of hydrogen-bond donors (Lipinski definition) is 2. The van der Waals surface area contributed by atoms with Crippen molar-refractivity contribution >= 4 is 5.82 Å². The van der Waals surface area contributed by atoms with Crippen LogP contribution < -0.4 is 0 Å². The van der Waals surface area contributed by atoms with Gasteiger partial charge in [-0.1, -0.05) is 6.07 Å². The van der Waals surface area contributed by atoms with Gasteiger partial charge in [-0.15, -0.1) is 0 Å². The monoisotopic (exact) mass is 207 g/mol. The molecule has 0 saturated heterocycles. The second-order valence-electron chi connectivity index (χ2n) is 2.49. The Labute approximate surface area is 85.4 Å². The number of aromatic nitrogens is 2. The average Bonchev–Trinajstić information content (AvgIpc) is 2.68. The van der Waals surface area contributed by atoms with Crippen molar-refractivity contribution in [2.45, 2.75) is 0 Å². The van der Waals surface area contributed by atoms with Crippen LogP contribution >= 0.6 is 0 Å². The van der Waals surface area contributed by atoms with Gasteiger partial charge in [0, 0.05) is 18.5 Å². The van der Waals surface area contributed by atoms with E-state index in [4.69, 9.17) is 5.11 Å². The molecule has 2 aromatic rings. The van der Waals surface area contributed by atoms with Gasteiger partial charge in [0.05, 0.1) is 6.20 Å². The molecular weight excluding hydrogens is 198 g/mol. The van der Waals surface area contributed by atoms with Gasteiger partial charge >= 0.3 is 5.82 Å². The maximum absolute atomic E-state index is 9.90. The van der Waals surface area contributed by atoms with Gasteiger partial charge in [0.2, 0.25) is 5.75 Å². The molecule has 6 nitrogen and oxygen atoms in total. The number of rotatable bonds is 1. The van der Waals surface area contributed by atoms with Crippen molar-refractivity contribution in [1.29, 1.82) is 0 Å². The highest BCUT2D eigenvalue weighted by molar-refractivity contribution is 5.37. The van der Waals surface area contributed by atoms with E-state index in [1.165, 1.54) is 12.3 Å². The summed E-state index contributed by atoms with van der Waals surface area (Å²) in [6.07, 6.45) is 4.80. The molecule has 2 rings (SSSR count). The minimum absolute atomic E-state index is 0.333. The Morgan fingerprint density at radius 1 is 1.33 bits per heavy atom. The van der Waals surface area contributed by atoms with Crippen LogP contribution in [0.4, 0.5) is 5.82 Å². The van der Waals surface area contributed by atoms with Crippen molar-refractivity contribution < 1.29 is 10.0 Å². The molecule has 2 N–H and O–H groups in total. The van der Waals surface area contributed by atoms with E-state index in [1.54, 1.807) is 12.4 Å². The molecule has 0 aliphatic heterocycles. The lowest BCUT2D eigenvalue weighted by Gasteiger charge is -1.87. The third kappa shape index (κ3) is 3.47. The molecule has 0 saturated carbocycles. The molecule has 0 bridgehead atoms. The van der Waals surface area contributed by atoms with Crippen LogP contribution in [0.25, 0.3) is 0 Å². The zero-order valence-electron chi connectivity index (χ0n) is 7.70. The Morgan fingerprint density at radius 2 is 2.00 bits per heavy atom. The predicted octanol–water partition coefficient (Wildman–Crippen LogP) is 1.71. The van der Waals surface area contributed by atoms with Gasteiger partial charge in [-0.25, -0.2) is 4.98 Å². The van der Waals surface area contributed by atoms with Gasteiger partial charge in [-0.2, -0.15) is 0 Å². The van der Waals surface area contributed by atoms with E-state index in [9.17, 15) is 10.1 Å². The topological polar surface area (TPSA) is 92.0 Å². The van der Waals surface area contributed by atoms with Crippen LogP contribution in [0, 0.1) is 10.1 Å². The highest BCUT2D eigenvalue weighted by Crippen LogP contribution is 2.21. The number of nitro groups is 1. The Bertz CT molecular complexity index is 387. The molecule has 15 heavy (non-hydrogen) atoms. The van der Waals surface area contributed by atoms with Crippen molar-refractivity contribution in [2.24, 2.45) is 0 Å². The van der Waals surface area contributed by atoms with Crippen LogP contribution in [-0.2, 0) is 0 Å². The summed E-state index contributed by atoms with van der Waals surface area (Å²) < 4.78 is 0. The minimum atomic E-state index is -0.685. The summed E-state index contributed by atoms with van der Waals surface area (Å²) in [6, 6.07) is 6.94. The van der Waals surface area contributed by atoms with Crippen LogP contribution in [-0.4, -0.2) is 20.0 Å². The normalized spacial score (nSPS) is 8.80. The first-order valence-corrected chi connectivity index (χ1v) is 4.07. The number of nitrogens with zero attached hydrogens (tertiary/aromatic N) is 2. The van der Waals surface area contributed by atoms with Crippen LogP contribution in [0.3, 0.4) is 0 Å². The largest absolute Gasteiger partial charge is 0.501 e. The molecule has 2 heterocycles. The Balaban J connectivity index is 0.000000162. The smallest absolute Gasteiger partial charge is 0.362 e. The van der Waals surface area contributed by atoms with Crippen LogP contribution in [0.5, 0.6) is 5.75 Å². The first-order valence-electron chi connectivity index (χ1n) is 4.07. The number of nitrogens with one attached hydrogen (secondary N) is 1. The Morgan fingerprint density at radius 3 is 2.20 bits per heavy atom. The van der Waals surface area contributed by atoms with Crippen molar-refractivity contribution in [2.75, 3.05) is 0 Å². The van der Waals surface area contributed by atoms with Gasteiger partial charge in [-0.05, 0) is 17.1 Å². The molecule has 0 radical (unpaired) electrons. The van der Waals surface area contributed by atoms with E-state index in [1.807, 2.05) is 18.2 Å². The van der Waals surface area contributed by atoms with Gasteiger partial charge in [0.1, 0.15) is 0 Å². The van der Waals surface area contributed by atoms with E-state index in [2.05, 4.69) is 9.97 Å². The zero-order chi connectivity index (χ0) is 11.1. The first kappa shape index (κ1) is 10.7. The molecule has 0 atom stereocenters. The lowest BCUT2D eigenvalue weighted by Crippen LogP contribution is -1.86. The summed E-state index contributed by atoms with van der Waals surface area (Å²) in [7, 11) is 0. The summed E-state index contributed by atoms with van der Waals surface area (Å²) in [5.74, 6) is -0.699. The van der Waals surface area contributed by atoms with E-state index in [-0.39, 0.29) is 11.6 Å². The molecule has 78 valence electrons. The number of hydrogen-bond acceptors (Lipinski definition) is 4. The second kappa shape index (κ2) is 5.38. The highest BCUT2D eigenvalue weighted by Gasteiger charge is 2.09. The van der Waals surface area contributed by atoms with Crippen LogP contribution in [0.1, 0.15) is 0 Å². The second-order valence-corrected chi connectivity index (χ2v) is 2.49. The average molecular weight is 207 g/mol. The lowest BCUT2D eigenvalue weighted by atomic mass is 10.5. The standard InChI is InChI=1S/C5H5N.C4H4N2O3/c1-2-4-6-5-3-1;7-3-1-2-5-4(3)6(8)9/h1-5H;1-2,5,7H. The third-order valence-corrected chi connectivity index (χ3v) is 1.45. The van der Waals surface area contributed by atoms with Crippen LogP contribution in [0.15, 0.2) is 42.9 Å². The Kier molecular flexibility index (Phi) is 3.84. The summed E-state index contributed by atoms with van der Waals surface area (Å²) in [5.41, 5.74) is 0. The molecule has 0 spiro atoms. The fourth-order valence-electron chi connectivity index (χ4n) is 0.811. The van der Waals surface area contributed by atoms with Crippen molar-refractivity contribution in [1.82, 2.24) is 9.97 Å². The van der Waals surface area contributed by atoms with Gasteiger partial charge < -0.3 is 15.2 Å². The molecule has 0 fully saturated rings. The van der Waals surface area contributed by atoms with Gasteiger partial charge in [0.15, 0.2) is 0 Å². The fourth-order valence-corrected chi connectivity index (χ4v) is 0.811. The summed E-state index contributed by atoms with van der Waals surface area (Å²) >= 11 is 0. The molecule has 0 aromatic carbocycles. The van der Waals surface area contributed by atoms with Crippen molar-refractivity contribution in [3.63, 3.8) is 0 Å². The highest BCUT2D eigenvalue weighted by atomic mass is 16.6. The quantitative estimate of drug-likeness (QED) is 0.550. The predicted molar refractivity (Wildman–Crippen MR) is 53.3 cm³/mol. The fraction of sp³-hybridized carbons (Fsp3) is 0. The lowest BCUT2D eigenvalue weighted by molar-refractivity contribution is -0.390. The Hall–Kier alpha value is -2.37. The molecule has 0 aliphatic rings. The van der Waals surface area contributed by atoms with Crippen LogP contribution in [0.2, 0.25) is 0 Å². The number of aromatic amines is 1. The molecule has 0 amide bonds. The van der Waals surface area contributed by atoms with Crippen molar-refractivity contribution in [3.8, 4) is 5.75 Å². The minimum Gasteiger partial charge on any atom is -0.501 e. The first-order chi connectivity index (χ1) is 7.22. The number of aromatic hydroxyl groups is 1. The molecule has 6 heteroatoms. The van der Waals surface area contributed by atoms with E-state index in [0.29, 0.717) is 0 Å². The van der Waals surface area contributed by atoms with Crippen molar-refractivity contribution in [3.05, 3.63) is 53.0 Å². The molecule has 0 aliphatic carbocycles. The zero-order valence-corrected chi connectivity index (χ0v) is 7.70. The van der Waals surface area contributed by atoms with E-state index < -0.39 is 4.92 Å². The number of H-pyrrole nitrogens is 1. The maximum Gasteiger partial charge on any atom is 0.362 e. The maximum atomic E-state index is 9.90. The van der Waals surface area contributed by atoms with Gasteiger partial charge in [-0.3, -0.25) is 4.98 Å².